The quantitative estimate of drug-likeness (QED) is 0.831. The second-order valence-corrected chi connectivity index (χ2v) is 7.29. The first-order valence-electron chi connectivity index (χ1n) is 8.66. The van der Waals surface area contributed by atoms with Crippen LogP contribution in [0.3, 0.4) is 0 Å². The molecule has 1 unspecified atom stereocenters. The van der Waals surface area contributed by atoms with Crippen LogP contribution >= 0.6 is 0 Å². The van der Waals surface area contributed by atoms with E-state index in [9.17, 15) is 0 Å². The van der Waals surface area contributed by atoms with E-state index in [0.29, 0.717) is 5.41 Å². The number of methoxy groups -OCH3 is 1. The zero-order chi connectivity index (χ0) is 15.4. The zero-order valence-corrected chi connectivity index (χ0v) is 14.1. The highest BCUT2D eigenvalue weighted by atomic mass is 16.5. The van der Waals surface area contributed by atoms with Crippen LogP contribution in [-0.2, 0) is 11.2 Å². The van der Waals surface area contributed by atoms with E-state index in [4.69, 9.17) is 4.74 Å². The van der Waals surface area contributed by atoms with Crippen molar-refractivity contribution in [1.82, 2.24) is 9.80 Å². The lowest BCUT2D eigenvalue weighted by Gasteiger charge is -2.42. The Bertz CT molecular complexity index is 454. The van der Waals surface area contributed by atoms with E-state index in [1.54, 1.807) is 0 Å². The van der Waals surface area contributed by atoms with E-state index in [2.05, 4.69) is 47.2 Å². The lowest BCUT2D eigenvalue weighted by atomic mass is 9.71. The molecule has 0 aliphatic carbocycles. The summed E-state index contributed by atoms with van der Waals surface area (Å²) >= 11 is 0. The monoisotopic (exact) mass is 302 g/mol. The van der Waals surface area contributed by atoms with Crippen molar-refractivity contribution in [2.45, 2.75) is 19.3 Å². The molecule has 122 valence electrons. The second-order valence-electron chi connectivity index (χ2n) is 7.29. The van der Waals surface area contributed by atoms with Crippen LogP contribution in [0.5, 0.6) is 0 Å². The van der Waals surface area contributed by atoms with Gasteiger partial charge in [-0.05, 0) is 50.4 Å². The second kappa shape index (κ2) is 7.12. The van der Waals surface area contributed by atoms with E-state index in [1.807, 2.05) is 7.11 Å². The molecule has 2 saturated heterocycles. The molecule has 2 fully saturated rings. The molecule has 1 spiro atoms. The highest BCUT2D eigenvalue weighted by Crippen LogP contribution is 2.44. The van der Waals surface area contributed by atoms with Crippen molar-refractivity contribution < 1.29 is 4.74 Å². The molecule has 2 aliphatic rings. The van der Waals surface area contributed by atoms with Crippen LogP contribution in [0.2, 0.25) is 0 Å². The van der Waals surface area contributed by atoms with Crippen molar-refractivity contribution in [3.8, 4) is 0 Å². The number of piperidine rings is 1. The molecule has 2 aliphatic heterocycles. The minimum absolute atomic E-state index is 0.508. The molecule has 3 heteroatoms. The van der Waals surface area contributed by atoms with E-state index in [0.717, 1.165) is 12.5 Å². The van der Waals surface area contributed by atoms with Crippen molar-refractivity contribution >= 4 is 0 Å². The van der Waals surface area contributed by atoms with Gasteiger partial charge in [-0.25, -0.2) is 0 Å². The van der Waals surface area contributed by atoms with Gasteiger partial charge in [0, 0.05) is 32.7 Å². The Morgan fingerprint density at radius 2 is 1.91 bits per heavy atom. The fraction of sp³-hybridized carbons (Fsp3) is 0.684. The summed E-state index contributed by atoms with van der Waals surface area (Å²) in [5.74, 6) is 0.721. The van der Waals surface area contributed by atoms with Gasteiger partial charge in [0.1, 0.15) is 0 Å². The lowest BCUT2D eigenvalue weighted by Crippen LogP contribution is -2.45. The molecule has 22 heavy (non-hydrogen) atoms. The van der Waals surface area contributed by atoms with Gasteiger partial charge < -0.3 is 14.5 Å². The largest absolute Gasteiger partial charge is 0.384 e. The van der Waals surface area contributed by atoms with E-state index in [-0.39, 0.29) is 0 Å². The van der Waals surface area contributed by atoms with Crippen LogP contribution in [0, 0.1) is 11.3 Å². The van der Waals surface area contributed by atoms with Crippen molar-refractivity contribution in [2.75, 3.05) is 53.5 Å². The summed E-state index contributed by atoms with van der Waals surface area (Å²) in [6.07, 6.45) is 3.84. The molecule has 3 rings (SSSR count). The smallest absolute Gasteiger partial charge is 0.0508 e. The summed E-state index contributed by atoms with van der Waals surface area (Å²) in [6.45, 7) is 7.09. The van der Waals surface area contributed by atoms with Crippen LogP contribution in [0.15, 0.2) is 30.3 Å². The molecule has 0 N–H and O–H groups in total. The fourth-order valence-electron chi connectivity index (χ4n) is 4.45. The zero-order valence-electron chi connectivity index (χ0n) is 14.1. The van der Waals surface area contributed by atoms with Gasteiger partial charge in [-0.1, -0.05) is 30.3 Å². The maximum Gasteiger partial charge on any atom is 0.0508 e. The molecule has 0 bridgehead atoms. The average molecular weight is 302 g/mol. The molecule has 1 aromatic carbocycles. The molecule has 1 aromatic rings. The van der Waals surface area contributed by atoms with E-state index >= 15 is 0 Å². The Morgan fingerprint density at radius 3 is 2.59 bits per heavy atom. The Balaban J connectivity index is 1.51. The third-order valence-corrected chi connectivity index (χ3v) is 5.76. The molecular formula is C19H30N2O. The van der Waals surface area contributed by atoms with Gasteiger partial charge in [0.15, 0.2) is 0 Å². The van der Waals surface area contributed by atoms with Crippen molar-refractivity contribution in [1.29, 1.82) is 0 Å². The topological polar surface area (TPSA) is 15.7 Å². The maximum absolute atomic E-state index is 5.49. The van der Waals surface area contributed by atoms with E-state index in [1.165, 1.54) is 57.5 Å². The van der Waals surface area contributed by atoms with Crippen molar-refractivity contribution in [2.24, 2.45) is 11.3 Å². The van der Waals surface area contributed by atoms with Gasteiger partial charge in [0.05, 0.1) is 6.61 Å². The summed E-state index contributed by atoms with van der Waals surface area (Å²) in [5.41, 5.74) is 1.97. The van der Waals surface area contributed by atoms with Gasteiger partial charge >= 0.3 is 0 Å². The summed E-state index contributed by atoms with van der Waals surface area (Å²) in [6, 6.07) is 10.9. The molecule has 0 amide bonds. The molecule has 2 heterocycles. The number of likely N-dealkylation sites (tertiary alicyclic amines) is 2. The number of hydrogen-bond donors (Lipinski definition) is 0. The standard InChI is InChI=1S/C19H30N2O/c1-20-14-18(15-22-2)19(16-20)9-12-21(13-10-19)11-8-17-6-4-3-5-7-17/h3-7,18H,8-16H2,1-2H3. The first kappa shape index (κ1) is 16.0. The summed E-state index contributed by atoms with van der Waals surface area (Å²) in [5, 5.41) is 0. The molecule has 0 radical (unpaired) electrons. The highest BCUT2D eigenvalue weighted by molar-refractivity contribution is 5.15. The Labute approximate surface area is 135 Å². The number of hydrogen-bond acceptors (Lipinski definition) is 3. The molecule has 1 atom stereocenters. The SMILES string of the molecule is COCC1CN(C)CC12CCN(CCc1ccccc1)CC2. The van der Waals surface area contributed by atoms with Gasteiger partial charge in [0.2, 0.25) is 0 Å². The summed E-state index contributed by atoms with van der Waals surface area (Å²) in [4.78, 5) is 5.16. The number of rotatable bonds is 5. The van der Waals surface area contributed by atoms with Crippen LogP contribution in [0.25, 0.3) is 0 Å². The van der Waals surface area contributed by atoms with Gasteiger partial charge in [-0.15, -0.1) is 0 Å². The van der Waals surface area contributed by atoms with Gasteiger partial charge in [-0.2, -0.15) is 0 Å². The first-order chi connectivity index (χ1) is 10.7. The Kier molecular flexibility index (Phi) is 5.17. The average Bonchev–Trinajstić information content (AvgIpc) is 2.84. The van der Waals surface area contributed by atoms with Crippen molar-refractivity contribution in [3.05, 3.63) is 35.9 Å². The first-order valence-corrected chi connectivity index (χ1v) is 8.66. The van der Waals surface area contributed by atoms with Crippen LogP contribution in [0.1, 0.15) is 18.4 Å². The van der Waals surface area contributed by atoms with Crippen LogP contribution in [0.4, 0.5) is 0 Å². The third kappa shape index (κ3) is 3.53. The van der Waals surface area contributed by atoms with E-state index < -0.39 is 0 Å². The fourth-order valence-corrected chi connectivity index (χ4v) is 4.45. The molecular weight excluding hydrogens is 272 g/mol. The lowest BCUT2D eigenvalue weighted by molar-refractivity contribution is 0.0381. The van der Waals surface area contributed by atoms with Gasteiger partial charge in [0.25, 0.3) is 0 Å². The predicted octanol–water partition coefficient (Wildman–Crippen LogP) is 2.52. The molecule has 3 nitrogen and oxygen atoms in total. The molecule has 0 saturated carbocycles. The number of benzene rings is 1. The summed E-state index contributed by atoms with van der Waals surface area (Å²) < 4.78 is 5.49. The maximum atomic E-state index is 5.49. The van der Waals surface area contributed by atoms with Crippen LogP contribution < -0.4 is 0 Å². The minimum Gasteiger partial charge on any atom is -0.384 e. The third-order valence-electron chi connectivity index (χ3n) is 5.76. The van der Waals surface area contributed by atoms with Crippen molar-refractivity contribution in [3.63, 3.8) is 0 Å². The number of ether oxygens (including phenoxy) is 1. The summed E-state index contributed by atoms with van der Waals surface area (Å²) in [7, 11) is 4.11. The number of nitrogens with zero attached hydrogens (tertiary/aromatic N) is 2. The van der Waals surface area contributed by atoms with Crippen LogP contribution in [-0.4, -0.2) is 63.3 Å². The predicted molar refractivity (Wildman–Crippen MR) is 91.1 cm³/mol. The van der Waals surface area contributed by atoms with Gasteiger partial charge in [-0.3, -0.25) is 0 Å². The Hall–Kier alpha value is -0.900. The normalized spacial score (nSPS) is 25.8. The molecule has 0 aromatic heterocycles. The Morgan fingerprint density at radius 1 is 1.18 bits per heavy atom. The minimum atomic E-state index is 0.508. The highest BCUT2D eigenvalue weighted by Gasteiger charge is 2.46.